The van der Waals surface area contributed by atoms with E-state index in [-0.39, 0.29) is 12.4 Å². The van der Waals surface area contributed by atoms with E-state index in [1.54, 1.807) is 0 Å². The van der Waals surface area contributed by atoms with Crippen LogP contribution in [0.25, 0.3) is 5.69 Å². The molecule has 21 heavy (non-hydrogen) atoms. The Bertz CT molecular complexity index is 594. The molecule has 1 aromatic carbocycles. The van der Waals surface area contributed by atoms with Gasteiger partial charge in [-0.3, -0.25) is 4.79 Å². The lowest BCUT2D eigenvalue weighted by molar-refractivity contribution is -0.143. The average molecular weight is 307 g/mol. The summed E-state index contributed by atoms with van der Waals surface area (Å²) >= 11 is 6.27. The maximum absolute atomic E-state index is 11.7. The van der Waals surface area contributed by atoms with Crippen molar-refractivity contribution in [3.63, 3.8) is 0 Å². The van der Waals surface area contributed by atoms with Gasteiger partial charge in [0.2, 0.25) is 0 Å². The monoisotopic (exact) mass is 306 g/mol. The van der Waals surface area contributed by atoms with Gasteiger partial charge in [-0.1, -0.05) is 17.7 Å². The summed E-state index contributed by atoms with van der Waals surface area (Å²) in [6.45, 7) is 1.13. The maximum atomic E-state index is 11.7. The van der Waals surface area contributed by atoms with Crippen LogP contribution < -0.4 is 0 Å². The molecule has 0 aliphatic carbocycles. The molecule has 5 heteroatoms. The third-order valence-electron chi connectivity index (χ3n) is 3.04. The molecule has 0 aliphatic heterocycles. The number of likely N-dealkylation sites (N-methyl/N-ethyl adjacent to an activating group) is 1. The number of rotatable bonds is 6. The first-order chi connectivity index (χ1) is 10.1. The van der Waals surface area contributed by atoms with Crippen LogP contribution in [0.4, 0.5) is 0 Å². The number of carbonyl (C=O) groups is 1. The van der Waals surface area contributed by atoms with Gasteiger partial charge < -0.3 is 14.2 Å². The number of hydrogen-bond acceptors (Lipinski definition) is 3. The highest BCUT2D eigenvalue weighted by Gasteiger charge is 2.08. The number of carbonyl (C=O) groups excluding carboxylic acids is 1. The highest BCUT2D eigenvalue weighted by molar-refractivity contribution is 6.32. The zero-order chi connectivity index (χ0) is 15.2. The smallest absolute Gasteiger partial charge is 0.310 e. The molecule has 112 valence electrons. The van der Waals surface area contributed by atoms with Crippen molar-refractivity contribution in [3.8, 4) is 5.69 Å². The largest absolute Gasteiger partial charge is 0.464 e. The molecular weight excluding hydrogens is 288 g/mol. The molecule has 0 bridgehead atoms. The van der Waals surface area contributed by atoms with Gasteiger partial charge in [-0.15, -0.1) is 0 Å². The van der Waals surface area contributed by atoms with Crippen molar-refractivity contribution in [2.45, 2.75) is 6.42 Å². The summed E-state index contributed by atoms with van der Waals surface area (Å²) in [7, 11) is 3.88. The summed E-state index contributed by atoms with van der Waals surface area (Å²) in [6, 6.07) is 9.49. The topological polar surface area (TPSA) is 34.5 Å². The minimum atomic E-state index is -0.235. The van der Waals surface area contributed by atoms with Gasteiger partial charge in [-0.2, -0.15) is 0 Å². The van der Waals surface area contributed by atoms with E-state index in [0.717, 1.165) is 17.8 Å². The number of benzene rings is 1. The zero-order valence-corrected chi connectivity index (χ0v) is 13.0. The van der Waals surface area contributed by atoms with Crippen molar-refractivity contribution < 1.29 is 9.53 Å². The fourth-order valence-electron chi connectivity index (χ4n) is 1.92. The Labute approximate surface area is 129 Å². The van der Waals surface area contributed by atoms with Crippen molar-refractivity contribution >= 4 is 17.6 Å². The van der Waals surface area contributed by atoms with Gasteiger partial charge in [-0.25, -0.2) is 0 Å². The Morgan fingerprint density at radius 2 is 2.00 bits per heavy atom. The van der Waals surface area contributed by atoms with Crippen LogP contribution in [0.2, 0.25) is 5.02 Å². The second kappa shape index (κ2) is 7.29. The van der Waals surface area contributed by atoms with Crippen molar-refractivity contribution in [3.05, 3.63) is 53.3 Å². The predicted molar refractivity (Wildman–Crippen MR) is 84.0 cm³/mol. The van der Waals surface area contributed by atoms with E-state index < -0.39 is 0 Å². The van der Waals surface area contributed by atoms with Crippen molar-refractivity contribution in [2.24, 2.45) is 0 Å². The van der Waals surface area contributed by atoms with Crippen LogP contribution in [0.1, 0.15) is 5.56 Å². The van der Waals surface area contributed by atoms with E-state index in [9.17, 15) is 4.79 Å². The van der Waals surface area contributed by atoms with E-state index in [0.29, 0.717) is 11.6 Å². The summed E-state index contributed by atoms with van der Waals surface area (Å²) in [5.74, 6) is -0.235. The van der Waals surface area contributed by atoms with Gasteiger partial charge in [0, 0.05) is 18.9 Å². The summed E-state index contributed by atoms with van der Waals surface area (Å²) in [5, 5.41) is 0.616. The quantitative estimate of drug-likeness (QED) is 0.770. The zero-order valence-electron chi connectivity index (χ0n) is 12.3. The predicted octanol–water partition coefficient (Wildman–Crippen LogP) is 2.78. The molecular formula is C16H19ClN2O2. The van der Waals surface area contributed by atoms with Gasteiger partial charge in [0.25, 0.3) is 0 Å². The average Bonchev–Trinajstić information content (AvgIpc) is 2.92. The van der Waals surface area contributed by atoms with Crippen LogP contribution in [-0.2, 0) is 16.0 Å². The molecule has 0 fully saturated rings. The van der Waals surface area contributed by atoms with Gasteiger partial charge >= 0.3 is 5.97 Å². The molecule has 0 spiro atoms. The Balaban J connectivity index is 1.96. The molecule has 0 saturated heterocycles. The van der Waals surface area contributed by atoms with E-state index in [1.165, 1.54) is 0 Å². The number of nitrogens with zero attached hydrogens (tertiary/aromatic N) is 2. The fourth-order valence-corrected chi connectivity index (χ4v) is 2.23. The molecule has 0 saturated carbocycles. The molecule has 2 rings (SSSR count). The number of aromatic nitrogens is 1. The highest BCUT2D eigenvalue weighted by Crippen LogP contribution is 2.22. The molecule has 0 N–H and O–H groups in total. The number of ether oxygens (including phenoxy) is 1. The van der Waals surface area contributed by atoms with Crippen LogP contribution in [0.3, 0.4) is 0 Å². The molecule has 0 aliphatic rings. The minimum Gasteiger partial charge on any atom is -0.464 e. The first kappa shape index (κ1) is 15.6. The van der Waals surface area contributed by atoms with Crippen LogP contribution in [0.5, 0.6) is 0 Å². The first-order valence-electron chi connectivity index (χ1n) is 6.78. The minimum absolute atomic E-state index is 0.235. The molecule has 1 heterocycles. The maximum Gasteiger partial charge on any atom is 0.310 e. The van der Waals surface area contributed by atoms with Gasteiger partial charge in [0.1, 0.15) is 6.61 Å². The SMILES string of the molecule is CN(C)CCOC(=O)Cc1ccc(-n2cccc2)c(Cl)c1. The van der Waals surface area contributed by atoms with Crippen LogP contribution in [0.15, 0.2) is 42.7 Å². The molecule has 0 unspecified atom stereocenters. The van der Waals surface area contributed by atoms with Crippen LogP contribution in [0, 0.1) is 0 Å². The van der Waals surface area contributed by atoms with Crippen LogP contribution in [-0.4, -0.2) is 42.7 Å². The molecule has 0 amide bonds. The normalized spacial score (nSPS) is 10.9. The summed E-state index contributed by atoms with van der Waals surface area (Å²) in [6.07, 6.45) is 4.09. The van der Waals surface area contributed by atoms with E-state index in [4.69, 9.17) is 16.3 Å². The lowest BCUT2D eigenvalue weighted by Crippen LogP contribution is -2.20. The third-order valence-corrected chi connectivity index (χ3v) is 3.35. The highest BCUT2D eigenvalue weighted by atomic mass is 35.5. The summed E-state index contributed by atoms with van der Waals surface area (Å²) in [4.78, 5) is 13.7. The summed E-state index contributed by atoms with van der Waals surface area (Å²) in [5.41, 5.74) is 1.75. The second-order valence-corrected chi connectivity index (χ2v) is 5.48. The van der Waals surface area contributed by atoms with E-state index >= 15 is 0 Å². The second-order valence-electron chi connectivity index (χ2n) is 5.08. The first-order valence-corrected chi connectivity index (χ1v) is 7.16. The number of halogens is 1. The van der Waals surface area contributed by atoms with Gasteiger partial charge in [0.15, 0.2) is 0 Å². The van der Waals surface area contributed by atoms with E-state index in [1.807, 2.05) is 66.3 Å². The molecule has 4 nitrogen and oxygen atoms in total. The lowest BCUT2D eigenvalue weighted by Gasteiger charge is -2.11. The molecule has 0 radical (unpaired) electrons. The van der Waals surface area contributed by atoms with Crippen molar-refractivity contribution in [2.75, 3.05) is 27.2 Å². The standard InChI is InChI=1S/C16H19ClN2O2/c1-18(2)9-10-21-16(20)12-13-5-6-15(14(17)11-13)19-7-3-4-8-19/h3-8,11H,9-10,12H2,1-2H3. The number of hydrogen-bond donors (Lipinski definition) is 0. The Hall–Kier alpha value is -1.78. The molecule has 1 aromatic heterocycles. The van der Waals surface area contributed by atoms with E-state index in [2.05, 4.69) is 0 Å². The third kappa shape index (κ3) is 4.62. The van der Waals surface area contributed by atoms with Crippen molar-refractivity contribution in [1.82, 2.24) is 9.47 Å². The number of esters is 1. The Kier molecular flexibility index (Phi) is 5.42. The Morgan fingerprint density at radius 1 is 1.29 bits per heavy atom. The van der Waals surface area contributed by atoms with Gasteiger partial charge in [0.05, 0.1) is 17.1 Å². The molecule has 0 atom stereocenters. The van der Waals surface area contributed by atoms with Crippen LogP contribution >= 0.6 is 11.6 Å². The lowest BCUT2D eigenvalue weighted by atomic mass is 10.1. The summed E-state index contributed by atoms with van der Waals surface area (Å²) < 4.78 is 7.10. The van der Waals surface area contributed by atoms with Gasteiger partial charge in [-0.05, 0) is 43.9 Å². The molecule has 2 aromatic rings. The van der Waals surface area contributed by atoms with Crippen molar-refractivity contribution in [1.29, 1.82) is 0 Å². The fraction of sp³-hybridized carbons (Fsp3) is 0.312. The Morgan fingerprint density at radius 3 is 2.62 bits per heavy atom.